The van der Waals surface area contributed by atoms with Crippen LogP contribution in [0.15, 0.2) is 35.5 Å². The zero-order valence-corrected chi connectivity index (χ0v) is 10.6. The number of rotatable bonds is 4. The lowest BCUT2D eigenvalue weighted by Crippen LogP contribution is -2.23. The Morgan fingerprint density at radius 1 is 1.33 bits per heavy atom. The number of pyridine rings is 1. The molecule has 0 fully saturated rings. The van der Waals surface area contributed by atoms with Crippen LogP contribution in [-0.4, -0.2) is 14.5 Å². The first-order valence-electron chi connectivity index (χ1n) is 5.91. The Balaban J connectivity index is 2.11. The molecule has 0 saturated carbocycles. The van der Waals surface area contributed by atoms with Crippen LogP contribution in [0.3, 0.4) is 0 Å². The third-order valence-corrected chi connectivity index (χ3v) is 2.69. The van der Waals surface area contributed by atoms with E-state index in [1.165, 1.54) is 0 Å². The van der Waals surface area contributed by atoms with Crippen molar-refractivity contribution in [2.45, 2.75) is 26.9 Å². The fourth-order valence-electron chi connectivity index (χ4n) is 1.61. The fourth-order valence-corrected chi connectivity index (χ4v) is 1.61. The Hall–Kier alpha value is -2.17. The van der Waals surface area contributed by atoms with Crippen molar-refractivity contribution in [3.8, 4) is 0 Å². The zero-order chi connectivity index (χ0) is 13.0. The van der Waals surface area contributed by atoms with Gasteiger partial charge < -0.3 is 9.88 Å². The van der Waals surface area contributed by atoms with Gasteiger partial charge in [0.1, 0.15) is 0 Å². The summed E-state index contributed by atoms with van der Waals surface area (Å²) < 4.78 is 1.61. The highest BCUT2D eigenvalue weighted by molar-refractivity contribution is 5.32. The predicted molar refractivity (Wildman–Crippen MR) is 70.5 cm³/mol. The van der Waals surface area contributed by atoms with Crippen molar-refractivity contribution in [2.75, 3.05) is 5.32 Å². The van der Waals surface area contributed by atoms with Gasteiger partial charge in [0.25, 0.3) is 5.56 Å². The highest BCUT2D eigenvalue weighted by atomic mass is 16.1. The van der Waals surface area contributed by atoms with Crippen molar-refractivity contribution in [1.82, 2.24) is 14.5 Å². The summed E-state index contributed by atoms with van der Waals surface area (Å²) in [6.07, 6.45) is 5.10. The summed E-state index contributed by atoms with van der Waals surface area (Å²) in [6, 6.07) is 3.93. The first-order chi connectivity index (χ1) is 8.70. The minimum absolute atomic E-state index is 0.0972. The normalized spacial score (nSPS) is 10.3. The Kier molecular flexibility index (Phi) is 3.72. The molecule has 0 aliphatic carbocycles. The van der Waals surface area contributed by atoms with Crippen molar-refractivity contribution in [1.29, 1.82) is 0 Å². The molecule has 0 unspecified atom stereocenters. The van der Waals surface area contributed by atoms with Crippen LogP contribution in [0.4, 0.5) is 5.82 Å². The standard InChI is InChI=1S/C13H16N4O/c1-3-17-7-6-14-12(13(17)18)16-9-11-5-4-10(2)15-8-11/h4-8H,3,9H2,1-2H3,(H,14,16). The monoisotopic (exact) mass is 244 g/mol. The molecule has 18 heavy (non-hydrogen) atoms. The molecule has 0 aromatic carbocycles. The first kappa shape index (κ1) is 12.3. The Bertz CT molecular complexity index is 574. The van der Waals surface area contributed by atoms with Crippen molar-refractivity contribution < 1.29 is 0 Å². The molecule has 2 heterocycles. The van der Waals surface area contributed by atoms with Crippen LogP contribution in [-0.2, 0) is 13.1 Å². The zero-order valence-electron chi connectivity index (χ0n) is 10.6. The number of nitrogens with one attached hydrogen (secondary N) is 1. The van der Waals surface area contributed by atoms with Crippen LogP contribution in [0.5, 0.6) is 0 Å². The molecule has 2 aromatic heterocycles. The van der Waals surface area contributed by atoms with Crippen molar-refractivity contribution in [3.05, 3.63) is 52.3 Å². The van der Waals surface area contributed by atoms with E-state index in [2.05, 4.69) is 15.3 Å². The van der Waals surface area contributed by atoms with E-state index in [-0.39, 0.29) is 5.56 Å². The van der Waals surface area contributed by atoms with Crippen LogP contribution in [0.1, 0.15) is 18.2 Å². The molecular weight excluding hydrogens is 228 g/mol. The maximum absolute atomic E-state index is 11.9. The molecule has 0 aliphatic rings. The number of hydrogen-bond donors (Lipinski definition) is 1. The van der Waals surface area contributed by atoms with Crippen LogP contribution in [0.25, 0.3) is 0 Å². The summed E-state index contributed by atoms with van der Waals surface area (Å²) in [5.74, 6) is 0.375. The molecule has 5 nitrogen and oxygen atoms in total. The second kappa shape index (κ2) is 5.44. The molecule has 0 atom stereocenters. The van der Waals surface area contributed by atoms with E-state index in [0.717, 1.165) is 11.3 Å². The molecule has 0 aliphatic heterocycles. The van der Waals surface area contributed by atoms with Gasteiger partial charge in [-0.3, -0.25) is 9.78 Å². The van der Waals surface area contributed by atoms with Gasteiger partial charge in [0.2, 0.25) is 0 Å². The second-order valence-electron chi connectivity index (χ2n) is 4.03. The Labute approximate surface area is 106 Å². The fraction of sp³-hybridized carbons (Fsp3) is 0.308. The summed E-state index contributed by atoms with van der Waals surface area (Å²) in [5.41, 5.74) is 1.90. The molecule has 0 spiro atoms. The Morgan fingerprint density at radius 2 is 2.17 bits per heavy atom. The van der Waals surface area contributed by atoms with E-state index in [4.69, 9.17) is 0 Å². The van der Waals surface area contributed by atoms with Gasteiger partial charge >= 0.3 is 0 Å². The third kappa shape index (κ3) is 2.74. The minimum Gasteiger partial charge on any atom is -0.361 e. The average molecular weight is 244 g/mol. The van der Waals surface area contributed by atoms with Crippen molar-refractivity contribution in [2.24, 2.45) is 0 Å². The molecule has 94 valence electrons. The van der Waals surface area contributed by atoms with E-state index in [1.54, 1.807) is 23.2 Å². The van der Waals surface area contributed by atoms with Crippen LogP contribution < -0.4 is 10.9 Å². The summed E-state index contributed by atoms with van der Waals surface area (Å²) in [7, 11) is 0. The van der Waals surface area contributed by atoms with E-state index in [1.807, 2.05) is 26.0 Å². The maximum Gasteiger partial charge on any atom is 0.293 e. The number of hydrogen-bond acceptors (Lipinski definition) is 4. The van der Waals surface area contributed by atoms with Crippen LogP contribution in [0.2, 0.25) is 0 Å². The van der Waals surface area contributed by atoms with E-state index < -0.39 is 0 Å². The molecule has 1 N–H and O–H groups in total. The molecule has 0 saturated heterocycles. The number of nitrogens with zero attached hydrogens (tertiary/aromatic N) is 3. The number of aryl methyl sites for hydroxylation is 2. The molecule has 0 amide bonds. The molecule has 2 rings (SSSR count). The molecular formula is C13H16N4O. The quantitative estimate of drug-likeness (QED) is 0.887. The highest BCUT2D eigenvalue weighted by Crippen LogP contribution is 2.02. The van der Waals surface area contributed by atoms with Gasteiger partial charge in [0.05, 0.1) is 0 Å². The number of aromatic nitrogens is 3. The van der Waals surface area contributed by atoms with Gasteiger partial charge in [-0.15, -0.1) is 0 Å². The molecule has 5 heteroatoms. The number of anilines is 1. The van der Waals surface area contributed by atoms with Crippen molar-refractivity contribution >= 4 is 5.82 Å². The largest absolute Gasteiger partial charge is 0.361 e. The summed E-state index contributed by atoms with van der Waals surface area (Å²) in [6.45, 7) is 5.05. The van der Waals surface area contributed by atoms with Gasteiger partial charge in [-0.05, 0) is 25.5 Å². The van der Waals surface area contributed by atoms with Gasteiger partial charge in [-0.2, -0.15) is 0 Å². The summed E-state index contributed by atoms with van der Waals surface area (Å²) in [4.78, 5) is 20.2. The third-order valence-electron chi connectivity index (χ3n) is 2.69. The highest BCUT2D eigenvalue weighted by Gasteiger charge is 2.03. The van der Waals surface area contributed by atoms with Gasteiger partial charge in [0.15, 0.2) is 5.82 Å². The molecule has 0 bridgehead atoms. The predicted octanol–water partition coefficient (Wildman–Crippen LogP) is 1.58. The van der Waals surface area contributed by atoms with E-state index >= 15 is 0 Å². The lowest BCUT2D eigenvalue weighted by molar-refractivity contribution is 0.718. The molecule has 2 aromatic rings. The van der Waals surface area contributed by atoms with Crippen LogP contribution in [0, 0.1) is 6.92 Å². The smallest absolute Gasteiger partial charge is 0.293 e. The lowest BCUT2D eigenvalue weighted by atomic mass is 10.2. The van der Waals surface area contributed by atoms with Gasteiger partial charge in [0, 0.05) is 37.4 Å². The summed E-state index contributed by atoms with van der Waals surface area (Å²) in [5, 5.41) is 3.04. The van der Waals surface area contributed by atoms with E-state index in [0.29, 0.717) is 18.9 Å². The van der Waals surface area contributed by atoms with Crippen molar-refractivity contribution in [3.63, 3.8) is 0 Å². The lowest BCUT2D eigenvalue weighted by Gasteiger charge is -2.07. The average Bonchev–Trinajstić information content (AvgIpc) is 2.39. The van der Waals surface area contributed by atoms with E-state index in [9.17, 15) is 4.79 Å². The van der Waals surface area contributed by atoms with Gasteiger partial charge in [-0.25, -0.2) is 4.98 Å². The van der Waals surface area contributed by atoms with Crippen LogP contribution >= 0.6 is 0 Å². The van der Waals surface area contributed by atoms with Gasteiger partial charge in [-0.1, -0.05) is 6.07 Å². The maximum atomic E-state index is 11.9. The second-order valence-corrected chi connectivity index (χ2v) is 4.03. The topological polar surface area (TPSA) is 59.8 Å². The molecule has 0 radical (unpaired) electrons. The first-order valence-corrected chi connectivity index (χ1v) is 5.91. The minimum atomic E-state index is -0.0972. The SMILES string of the molecule is CCn1ccnc(NCc2ccc(C)nc2)c1=O. The summed E-state index contributed by atoms with van der Waals surface area (Å²) >= 11 is 0. The Morgan fingerprint density at radius 3 is 2.83 bits per heavy atom.